The van der Waals surface area contributed by atoms with Gasteiger partial charge in [-0.2, -0.15) is 0 Å². The minimum absolute atomic E-state index is 0.0143. The van der Waals surface area contributed by atoms with E-state index in [2.05, 4.69) is 5.32 Å². The third-order valence-corrected chi connectivity index (χ3v) is 5.06. The number of carboxylic acids is 1. The number of allylic oxidation sites excluding steroid dienone is 1. The van der Waals surface area contributed by atoms with Gasteiger partial charge in [0.1, 0.15) is 11.9 Å². The Labute approximate surface area is 170 Å². The highest BCUT2D eigenvalue weighted by Crippen LogP contribution is 2.37. The van der Waals surface area contributed by atoms with E-state index in [1.165, 1.54) is 28.9 Å². The summed E-state index contributed by atoms with van der Waals surface area (Å²) in [5, 5.41) is 24.2. The van der Waals surface area contributed by atoms with Crippen LogP contribution in [0.1, 0.15) is 24.1 Å². The van der Waals surface area contributed by atoms with Crippen molar-refractivity contribution in [1.29, 1.82) is 0 Å². The molecule has 0 radical (unpaired) electrons. The largest absolute Gasteiger partial charge is 0.478 e. The van der Waals surface area contributed by atoms with E-state index in [9.17, 15) is 24.8 Å². The Morgan fingerprint density at radius 3 is 2.57 bits per heavy atom. The van der Waals surface area contributed by atoms with Gasteiger partial charge in [-0.1, -0.05) is 42.5 Å². The van der Waals surface area contributed by atoms with Crippen molar-refractivity contribution in [3.8, 4) is 0 Å². The monoisotopic (exact) mass is 406 g/mol. The second-order valence-corrected chi connectivity index (χ2v) is 6.98. The lowest BCUT2D eigenvalue weighted by Crippen LogP contribution is -2.33. The van der Waals surface area contributed by atoms with E-state index in [0.717, 1.165) is 5.56 Å². The van der Waals surface area contributed by atoms with Gasteiger partial charge in [0.2, 0.25) is 0 Å². The number of aromatic nitrogens is 2. The Morgan fingerprint density at radius 2 is 1.90 bits per heavy atom. The highest BCUT2D eigenvalue weighted by atomic mass is 16.6. The average Bonchev–Trinajstić information content (AvgIpc) is 3.02. The first-order chi connectivity index (χ1) is 14.4. The molecule has 0 bridgehead atoms. The van der Waals surface area contributed by atoms with E-state index in [1.807, 2.05) is 30.3 Å². The molecule has 0 saturated heterocycles. The van der Waals surface area contributed by atoms with Gasteiger partial charge in [-0.3, -0.25) is 19.6 Å². The number of hydrogen-bond acceptors (Lipinski definition) is 5. The van der Waals surface area contributed by atoms with Crippen LogP contribution < -0.4 is 10.9 Å². The van der Waals surface area contributed by atoms with E-state index < -0.39 is 16.9 Å². The number of nitrogens with one attached hydrogen (secondary N) is 1. The maximum atomic E-state index is 12.8. The summed E-state index contributed by atoms with van der Waals surface area (Å²) in [5.41, 5.74) is 1.19. The van der Waals surface area contributed by atoms with E-state index >= 15 is 0 Å². The van der Waals surface area contributed by atoms with Crippen LogP contribution in [0.5, 0.6) is 0 Å². The number of benzene rings is 2. The normalized spacial score (nSPS) is 15.4. The summed E-state index contributed by atoms with van der Waals surface area (Å²) in [6.07, 6.45) is 0. The summed E-state index contributed by atoms with van der Waals surface area (Å²) in [7, 11) is 0. The first-order valence-electron chi connectivity index (χ1n) is 9.18. The molecule has 1 aromatic heterocycles. The molecule has 152 valence electrons. The maximum absolute atomic E-state index is 12.8. The maximum Gasteiger partial charge on any atom is 0.335 e. The summed E-state index contributed by atoms with van der Waals surface area (Å²) >= 11 is 0. The van der Waals surface area contributed by atoms with Crippen LogP contribution in [0.2, 0.25) is 0 Å². The van der Waals surface area contributed by atoms with Crippen LogP contribution in [-0.2, 0) is 11.3 Å². The Kier molecular flexibility index (Phi) is 4.71. The van der Waals surface area contributed by atoms with Crippen molar-refractivity contribution in [1.82, 2.24) is 9.36 Å². The van der Waals surface area contributed by atoms with Crippen molar-refractivity contribution < 1.29 is 14.8 Å². The van der Waals surface area contributed by atoms with Gasteiger partial charge in [-0.05, 0) is 18.1 Å². The molecule has 9 nitrogen and oxygen atoms in total. The second-order valence-electron chi connectivity index (χ2n) is 6.98. The Morgan fingerprint density at radius 1 is 1.17 bits per heavy atom. The fourth-order valence-electron chi connectivity index (χ4n) is 3.76. The fraction of sp³-hybridized carbons (Fsp3) is 0.143. The van der Waals surface area contributed by atoms with Crippen LogP contribution in [0, 0.1) is 10.1 Å². The number of carboxylic acid groups (broad SMARTS) is 1. The highest BCUT2D eigenvalue weighted by molar-refractivity contribution is 5.91. The smallest absolute Gasteiger partial charge is 0.335 e. The first-order valence-corrected chi connectivity index (χ1v) is 9.18. The number of hydrogen-bond donors (Lipinski definition) is 2. The number of nitro benzene ring substituents is 1. The molecule has 4 rings (SSSR count). The van der Waals surface area contributed by atoms with Gasteiger partial charge < -0.3 is 10.4 Å². The van der Waals surface area contributed by atoms with Gasteiger partial charge in [-0.25, -0.2) is 9.48 Å². The average molecular weight is 406 g/mol. The van der Waals surface area contributed by atoms with Gasteiger partial charge in [0, 0.05) is 23.9 Å². The molecule has 2 heterocycles. The predicted molar refractivity (Wildman–Crippen MR) is 109 cm³/mol. The standard InChI is InChI=1S/C21H18N4O5/c1-13-19(21(27)28)20(15-8-5-9-16(10-15)25(29)30)24-17(22-13)11-18(26)23(24)12-14-6-3-2-4-7-14/h2-11,20,22H,12H2,1H3,(H,27,28). The summed E-state index contributed by atoms with van der Waals surface area (Å²) in [4.78, 5) is 35.6. The Bertz CT molecular complexity index is 1240. The summed E-state index contributed by atoms with van der Waals surface area (Å²) < 4.78 is 3.00. The molecule has 0 spiro atoms. The van der Waals surface area contributed by atoms with Gasteiger partial charge in [-0.15, -0.1) is 0 Å². The number of nitro groups is 1. The van der Waals surface area contributed by atoms with Gasteiger partial charge in [0.15, 0.2) is 0 Å². The minimum Gasteiger partial charge on any atom is -0.478 e. The number of anilines is 1. The number of carbonyl (C=O) groups is 1. The van der Waals surface area contributed by atoms with Crippen molar-refractivity contribution in [2.24, 2.45) is 0 Å². The first kappa shape index (κ1) is 19.2. The third-order valence-electron chi connectivity index (χ3n) is 5.06. The zero-order valence-corrected chi connectivity index (χ0v) is 16.0. The molecule has 0 aliphatic carbocycles. The molecule has 9 heteroatoms. The van der Waals surface area contributed by atoms with Crippen molar-refractivity contribution in [2.45, 2.75) is 19.5 Å². The van der Waals surface area contributed by atoms with Gasteiger partial charge in [0.25, 0.3) is 11.2 Å². The molecule has 2 aromatic carbocycles. The molecule has 2 N–H and O–H groups in total. The number of nitrogens with zero attached hydrogens (tertiary/aromatic N) is 3. The SMILES string of the molecule is CC1=C(C(=O)O)C(c2cccc([N+](=O)[O-])c2)n2c(cc(=O)n2Cc2ccccc2)N1. The van der Waals surface area contributed by atoms with Crippen LogP contribution in [0.25, 0.3) is 0 Å². The molecule has 1 aliphatic rings. The van der Waals surface area contributed by atoms with Crippen molar-refractivity contribution in [3.05, 3.63) is 104 Å². The molecule has 0 saturated carbocycles. The van der Waals surface area contributed by atoms with E-state index in [1.54, 1.807) is 17.7 Å². The predicted octanol–water partition coefficient (Wildman–Crippen LogP) is 2.98. The molecule has 3 aromatic rings. The quantitative estimate of drug-likeness (QED) is 0.497. The molecular formula is C21H18N4O5. The number of aliphatic carboxylic acids is 1. The summed E-state index contributed by atoms with van der Waals surface area (Å²) in [5.74, 6) is -0.746. The second kappa shape index (κ2) is 7.36. The number of fused-ring (bicyclic) bond motifs is 1. The molecule has 1 unspecified atom stereocenters. The lowest BCUT2D eigenvalue weighted by molar-refractivity contribution is -0.384. The number of rotatable bonds is 5. The zero-order valence-electron chi connectivity index (χ0n) is 16.0. The zero-order chi connectivity index (χ0) is 21.4. The summed E-state index contributed by atoms with van der Waals surface area (Å²) in [6.45, 7) is 1.83. The van der Waals surface area contributed by atoms with E-state index in [0.29, 0.717) is 17.1 Å². The van der Waals surface area contributed by atoms with E-state index in [4.69, 9.17) is 0 Å². The molecule has 1 atom stereocenters. The topological polar surface area (TPSA) is 119 Å². The molecule has 0 amide bonds. The van der Waals surface area contributed by atoms with Gasteiger partial charge >= 0.3 is 5.97 Å². The molecule has 1 aliphatic heterocycles. The van der Waals surface area contributed by atoms with Crippen LogP contribution in [-0.4, -0.2) is 25.4 Å². The van der Waals surface area contributed by atoms with E-state index in [-0.39, 0.29) is 23.4 Å². The summed E-state index contributed by atoms with van der Waals surface area (Å²) in [6, 6.07) is 15.6. The van der Waals surface area contributed by atoms with Gasteiger partial charge in [0.05, 0.1) is 17.0 Å². The van der Waals surface area contributed by atoms with Crippen molar-refractivity contribution >= 4 is 17.5 Å². The third kappa shape index (κ3) is 3.26. The van der Waals surface area contributed by atoms with Crippen LogP contribution in [0.3, 0.4) is 0 Å². The lowest BCUT2D eigenvalue weighted by atomic mass is 9.95. The van der Waals surface area contributed by atoms with Crippen LogP contribution in [0.4, 0.5) is 11.5 Å². The van der Waals surface area contributed by atoms with Crippen molar-refractivity contribution in [2.75, 3.05) is 5.32 Å². The minimum atomic E-state index is -1.17. The highest BCUT2D eigenvalue weighted by Gasteiger charge is 2.35. The van der Waals surface area contributed by atoms with Crippen molar-refractivity contribution in [3.63, 3.8) is 0 Å². The number of non-ortho nitro benzene ring substituents is 1. The fourth-order valence-corrected chi connectivity index (χ4v) is 3.76. The molecular weight excluding hydrogens is 388 g/mol. The Hall–Kier alpha value is -4.14. The molecule has 0 fully saturated rings. The van der Waals surface area contributed by atoms with Crippen LogP contribution in [0.15, 0.2) is 76.7 Å². The molecule has 30 heavy (non-hydrogen) atoms. The lowest BCUT2D eigenvalue weighted by Gasteiger charge is -2.31. The van der Waals surface area contributed by atoms with Crippen LogP contribution >= 0.6 is 0 Å². The Balaban J connectivity index is 1.94.